The van der Waals surface area contributed by atoms with Crippen LogP contribution in [0.5, 0.6) is 5.75 Å². The van der Waals surface area contributed by atoms with Gasteiger partial charge in [-0.25, -0.2) is 5.21 Å². The molecule has 0 bridgehead atoms. The Hall–Kier alpha value is -1.23. The fourth-order valence-corrected chi connectivity index (χ4v) is 1.09. The van der Waals surface area contributed by atoms with Crippen molar-refractivity contribution in [3.63, 3.8) is 0 Å². The Morgan fingerprint density at radius 1 is 1.36 bits per heavy atom. The quantitative estimate of drug-likeness (QED) is 0.525. The van der Waals surface area contributed by atoms with Gasteiger partial charge in [-0.1, -0.05) is 12.1 Å². The van der Waals surface area contributed by atoms with Crippen LogP contribution in [0.25, 0.3) is 0 Å². The molecule has 0 unspecified atom stereocenters. The summed E-state index contributed by atoms with van der Waals surface area (Å²) in [4.78, 5) is 10.4. The standard InChI is InChI=1S/C6H5NO3S/c8-5-3-1-2-4-6(5)11-7(9)10/h1-4H,(H-,8,9,10)/p+1. The number of para-hydroxylation sites is 1. The summed E-state index contributed by atoms with van der Waals surface area (Å²) in [6.07, 6.45) is 0. The zero-order chi connectivity index (χ0) is 8.27. The first-order valence-corrected chi connectivity index (χ1v) is 3.59. The zero-order valence-electron chi connectivity index (χ0n) is 5.47. The maximum atomic E-state index is 10.1. The lowest BCUT2D eigenvalue weighted by molar-refractivity contribution is -0.662. The number of benzene rings is 1. The largest absolute Gasteiger partial charge is 0.507 e. The van der Waals surface area contributed by atoms with Crippen LogP contribution in [0.4, 0.5) is 0 Å². The van der Waals surface area contributed by atoms with Crippen LogP contribution in [0.3, 0.4) is 0 Å². The maximum absolute atomic E-state index is 10.1. The van der Waals surface area contributed by atoms with Crippen molar-refractivity contribution in [3.8, 4) is 5.75 Å². The molecule has 0 aliphatic rings. The molecule has 11 heavy (non-hydrogen) atoms. The van der Waals surface area contributed by atoms with Crippen molar-refractivity contribution in [3.05, 3.63) is 29.2 Å². The van der Waals surface area contributed by atoms with Gasteiger partial charge in [0.1, 0.15) is 10.6 Å². The van der Waals surface area contributed by atoms with Gasteiger partial charge in [-0.2, -0.15) is 0 Å². The third kappa shape index (κ3) is 2.12. The van der Waals surface area contributed by atoms with Crippen molar-refractivity contribution in [2.24, 2.45) is 0 Å². The molecular formula is C6H6NO3S+. The van der Waals surface area contributed by atoms with E-state index in [9.17, 15) is 4.91 Å². The molecule has 1 aromatic rings. The van der Waals surface area contributed by atoms with Gasteiger partial charge in [0.05, 0.1) is 4.91 Å². The van der Waals surface area contributed by atoms with Crippen LogP contribution in [0.1, 0.15) is 0 Å². The number of hydrogen-bond acceptors (Lipinski definition) is 3. The summed E-state index contributed by atoms with van der Waals surface area (Å²) in [6, 6.07) is 6.25. The highest BCUT2D eigenvalue weighted by molar-refractivity contribution is 7.93. The van der Waals surface area contributed by atoms with E-state index in [4.69, 9.17) is 10.3 Å². The van der Waals surface area contributed by atoms with E-state index in [1.807, 2.05) is 0 Å². The van der Waals surface area contributed by atoms with E-state index < -0.39 is 0 Å². The molecule has 0 amide bonds. The lowest BCUT2D eigenvalue weighted by atomic mass is 10.3. The molecule has 1 aromatic carbocycles. The van der Waals surface area contributed by atoms with Gasteiger partial charge in [-0.3, -0.25) is 0 Å². The van der Waals surface area contributed by atoms with Crippen LogP contribution in [-0.2, 0) is 0 Å². The van der Waals surface area contributed by atoms with Gasteiger partial charge in [-0.05, 0) is 12.1 Å². The van der Waals surface area contributed by atoms with Crippen molar-refractivity contribution in [1.82, 2.24) is 0 Å². The minimum Gasteiger partial charge on any atom is -0.507 e. The van der Waals surface area contributed by atoms with E-state index in [2.05, 4.69) is 0 Å². The highest BCUT2D eigenvalue weighted by atomic mass is 32.2. The molecule has 2 N–H and O–H groups in total. The first-order valence-electron chi connectivity index (χ1n) is 2.82. The molecule has 0 aromatic heterocycles. The molecule has 0 radical (unpaired) electrons. The molecule has 0 saturated heterocycles. The summed E-state index contributed by atoms with van der Waals surface area (Å²) >= 11 is 0.508. The lowest BCUT2D eigenvalue weighted by Crippen LogP contribution is -1.86. The number of phenolic OH excluding ortho intramolecular Hbond substituents is 1. The monoisotopic (exact) mass is 172 g/mol. The molecule has 1 rings (SSSR count). The van der Waals surface area contributed by atoms with Crippen molar-refractivity contribution in [2.75, 3.05) is 0 Å². The van der Waals surface area contributed by atoms with Gasteiger partial charge in [0, 0.05) is 0 Å². The number of aromatic hydroxyl groups is 1. The van der Waals surface area contributed by atoms with Crippen molar-refractivity contribution in [1.29, 1.82) is 0 Å². The molecule has 0 saturated carbocycles. The smallest absolute Gasteiger partial charge is 0.319 e. The molecule has 0 aliphatic heterocycles. The Morgan fingerprint density at radius 3 is 2.55 bits per heavy atom. The molecule has 5 heteroatoms. The predicted octanol–water partition coefficient (Wildman–Crippen LogP) is 1.57. The molecule has 0 spiro atoms. The predicted molar refractivity (Wildman–Crippen MR) is 39.4 cm³/mol. The Kier molecular flexibility index (Phi) is 2.32. The van der Waals surface area contributed by atoms with E-state index in [0.29, 0.717) is 16.8 Å². The van der Waals surface area contributed by atoms with Crippen LogP contribution in [0.15, 0.2) is 29.2 Å². The Morgan fingerprint density at radius 2 is 2.00 bits per heavy atom. The van der Waals surface area contributed by atoms with E-state index in [0.717, 1.165) is 0 Å². The number of phenols is 1. The topological polar surface area (TPSA) is 60.5 Å². The first-order chi connectivity index (χ1) is 5.20. The average Bonchev–Trinajstić information content (AvgIpc) is 1.93. The van der Waals surface area contributed by atoms with Gasteiger partial charge in [0.25, 0.3) is 0 Å². The summed E-state index contributed by atoms with van der Waals surface area (Å²) < 4.78 is -0.310. The minimum atomic E-state index is -0.310. The molecular weight excluding hydrogens is 166 g/mol. The summed E-state index contributed by atoms with van der Waals surface area (Å²) in [5, 5.41) is 17.3. The van der Waals surface area contributed by atoms with Crippen molar-refractivity contribution < 1.29 is 14.6 Å². The normalized spacial score (nSPS) is 9.45. The lowest BCUT2D eigenvalue weighted by Gasteiger charge is -1.91. The molecule has 4 nitrogen and oxygen atoms in total. The molecule has 0 fully saturated rings. The van der Waals surface area contributed by atoms with Gasteiger partial charge in [0.2, 0.25) is 0 Å². The van der Waals surface area contributed by atoms with Crippen LogP contribution in [-0.4, -0.2) is 14.6 Å². The van der Waals surface area contributed by atoms with Gasteiger partial charge >= 0.3 is 16.3 Å². The summed E-state index contributed by atoms with van der Waals surface area (Å²) in [5.41, 5.74) is 0. The van der Waals surface area contributed by atoms with E-state index in [1.165, 1.54) is 12.1 Å². The highest BCUT2D eigenvalue weighted by Crippen LogP contribution is 2.26. The summed E-state index contributed by atoms with van der Waals surface area (Å²) in [6.45, 7) is 0. The summed E-state index contributed by atoms with van der Waals surface area (Å²) in [7, 11) is 0. The number of hydrogen-bond donors (Lipinski definition) is 2. The average molecular weight is 172 g/mol. The second-order valence-electron chi connectivity index (χ2n) is 1.80. The van der Waals surface area contributed by atoms with E-state index in [1.54, 1.807) is 12.1 Å². The SMILES string of the molecule is O=[N+](O)Sc1ccccc1O. The second kappa shape index (κ2) is 3.25. The van der Waals surface area contributed by atoms with Crippen LogP contribution >= 0.6 is 11.9 Å². The second-order valence-corrected chi connectivity index (χ2v) is 2.73. The minimum absolute atomic E-state index is 0.0209. The van der Waals surface area contributed by atoms with Crippen LogP contribution in [0, 0.1) is 4.91 Å². The van der Waals surface area contributed by atoms with Gasteiger partial charge in [0.15, 0.2) is 0 Å². The molecule has 58 valence electrons. The van der Waals surface area contributed by atoms with Crippen LogP contribution in [0.2, 0.25) is 0 Å². The Bertz CT molecular complexity index is 276. The number of nitrogens with zero attached hydrogens (tertiary/aromatic N) is 1. The fourth-order valence-electron chi connectivity index (χ4n) is 0.618. The maximum Gasteiger partial charge on any atom is 0.319 e. The van der Waals surface area contributed by atoms with Gasteiger partial charge < -0.3 is 5.11 Å². The van der Waals surface area contributed by atoms with E-state index in [-0.39, 0.29) is 10.1 Å². The Balaban J connectivity index is 2.86. The molecule has 0 heterocycles. The third-order valence-electron chi connectivity index (χ3n) is 1.04. The third-order valence-corrected chi connectivity index (χ3v) is 1.74. The highest BCUT2D eigenvalue weighted by Gasteiger charge is 2.13. The number of rotatable bonds is 2. The van der Waals surface area contributed by atoms with Crippen molar-refractivity contribution >= 4 is 11.9 Å². The Labute approximate surface area is 67.1 Å². The molecule has 0 aliphatic carbocycles. The fraction of sp³-hybridized carbons (Fsp3) is 0. The molecule has 0 atom stereocenters. The first kappa shape index (κ1) is 7.87. The summed E-state index contributed by atoms with van der Waals surface area (Å²) in [5.74, 6) is -0.0209. The zero-order valence-corrected chi connectivity index (χ0v) is 6.28. The van der Waals surface area contributed by atoms with E-state index >= 15 is 0 Å². The van der Waals surface area contributed by atoms with Crippen LogP contribution < -0.4 is 0 Å². The van der Waals surface area contributed by atoms with Crippen molar-refractivity contribution in [2.45, 2.75) is 4.90 Å². The van der Waals surface area contributed by atoms with Gasteiger partial charge in [-0.15, -0.1) is 0 Å².